The number of carbonyl (C=O) groups is 1. The smallest absolute Gasteiger partial charge is 0.231 e. The second-order valence-electron chi connectivity index (χ2n) is 6.73. The highest BCUT2D eigenvalue weighted by atomic mass is 16.2. The number of aromatic nitrogens is 6. The second-order valence-corrected chi connectivity index (χ2v) is 6.73. The van der Waals surface area contributed by atoms with Crippen molar-refractivity contribution in [2.75, 3.05) is 11.4 Å². The van der Waals surface area contributed by atoms with E-state index in [0.29, 0.717) is 24.8 Å². The second kappa shape index (κ2) is 5.27. The Kier molecular flexibility index (Phi) is 3.03. The molecule has 3 aromatic heterocycles. The number of hydrogen-bond acceptors (Lipinski definition) is 6. The molecule has 1 aliphatic carbocycles. The van der Waals surface area contributed by atoms with E-state index in [9.17, 15) is 4.79 Å². The Hall–Kier alpha value is -2.97. The van der Waals surface area contributed by atoms with Gasteiger partial charge in [-0.25, -0.2) is 4.98 Å². The van der Waals surface area contributed by atoms with E-state index >= 15 is 0 Å². The lowest BCUT2D eigenvalue weighted by Gasteiger charge is -2.32. The molecule has 0 spiro atoms. The third-order valence-electron chi connectivity index (χ3n) is 4.85. The first-order valence-electron chi connectivity index (χ1n) is 8.41. The number of nitrogens with zero attached hydrogens (tertiary/aromatic N) is 7. The third-order valence-corrected chi connectivity index (χ3v) is 4.85. The molecule has 0 radical (unpaired) electrons. The fraction of sp³-hybridized carbons (Fsp3) is 0.438. The largest absolute Gasteiger partial charge is 0.353 e. The van der Waals surface area contributed by atoms with Gasteiger partial charge in [0, 0.05) is 19.6 Å². The van der Waals surface area contributed by atoms with E-state index in [1.54, 1.807) is 17.2 Å². The number of carbonyl (C=O) groups excluding carboxylic acids is 1. The molecule has 1 fully saturated rings. The monoisotopic (exact) mass is 338 g/mol. The summed E-state index contributed by atoms with van der Waals surface area (Å²) in [5.74, 6) is 0.602. The van der Waals surface area contributed by atoms with Gasteiger partial charge in [0.1, 0.15) is 12.1 Å². The van der Waals surface area contributed by atoms with Gasteiger partial charge in [-0.15, -0.1) is 15.3 Å². The van der Waals surface area contributed by atoms with Crippen molar-refractivity contribution in [1.82, 2.24) is 34.7 Å². The van der Waals surface area contributed by atoms with Crippen LogP contribution < -0.4 is 10.2 Å². The van der Waals surface area contributed by atoms with Crippen LogP contribution in [-0.4, -0.2) is 47.9 Å². The van der Waals surface area contributed by atoms with Gasteiger partial charge in [0.25, 0.3) is 0 Å². The molecule has 1 N–H and O–H groups in total. The van der Waals surface area contributed by atoms with Crippen LogP contribution in [-0.2, 0) is 18.4 Å². The zero-order chi connectivity index (χ0) is 17.0. The van der Waals surface area contributed by atoms with Gasteiger partial charge in [-0.2, -0.15) is 4.52 Å². The van der Waals surface area contributed by atoms with E-state index in [4.69, 9.17) is 0 Å². The molecule has 0 aromatic carbocycles. The summed E-state index contributed by atoms with van der Waals surface area (Å²) < 4.78 is 3.60. The fourth-order valence-electron chi connectivity index (χ4n) is 3.41. The number of hydrogen-bond donors (Lipinski definition) is 1. The number of aryl methyl sites for hydroxylation is 1. The molecule has 4 heterocycles. The molecule has 25 heavy (non-hydrogen) atoms. The summed E-state index contributed by atoms with van der Waals surface area (Å²) in [6, 6.07) is 4.13. The van der Waals surface area contributed by atoms with Crippen LogP contribution in [0.2, 0.25) is 0 Å². The first-order valence-corrected chi connectivity index (χ1v) is 8.41. The predicted molar refractivity (Wildman–Crippen MR) is 88.9 cm³/mol. The van der Waals surface area contributed by atoms with Crippen molar-refractivity contribution in [3.05, 3.63) is 36.2 Å². The topological polar surface area (TPSA) is 93.2 Å². The summed E-state index contributed by atoms with van der Waals surface area (Å²) in [5.41, 5.74) is 2.62. The number of nitrogens with one attached hydrogen (secondary N) is 1. The zero-order valence-electron chi connectivity index (χ0n) is 13.8. The molecule has 0 saturated heterocycles. The van der Waals surface area contributed by atoms with Crippen LogP contribution in [0.1, 0.15) is 30.1 Å². The van der Waals surface area contributed by atoms with Crippen molar-refractivity contribution in [1.29, 1.82) is 0 Å². The van der Waals surface area contributed by atoms with Crippen molar-refractivity contribution in [3.8, 4) is 0 Å². The van der Waals surface area contributed by atoms with Crippen molar-refractivity contribution in [2.45, 2.75) is 31.3 Å². The highest BCUT2D eigenvalue weighted by Gasteiger charge is 2.36. The Bertz CT molecular complexity index is 956. The van der Waals surface area contributed by atoms with Crippen LogP contribution in [0.4, 0.5) is 5.82 Å². The molecule has 2 aliphatic rings. The van der Waals surface area contributed by atoms with Gasteiger partial charge in [-0.1, -0.05) is 0 Å². The van der Waals surface area contributed by atoms with E-state index in [2.05, 4.69) is 30.5 Å². The lowest BCUT2D eigenvalue weighted by molar-refractivity contribution is -0.122. The van der Waals surface area contributed by atoms with Crippen molar-refractivity contribution >= 4 is 17.4 Å². The van der Waals surface area contributed by atoms with E-state index in [1.165, 1.54) is 0 Å². The normalized spacial score (nSPS) is 19.9. The van der Waals surface area contributed by atoms with Crippen molar-refractivity contribution in [3.63, 3.8) is 0 Å². The number of imidazole rings is 1. The zero-order valence-corrected chi connectivity index (χ0v) is 13.8. The fourth-order valence-corrected chi connectivity index (χ4v) is 3.41. The van der Waals surface area contributed by atoms with Crippen molar-refractivity contribution < 1.29 is 4.79 Å². The summed E-state index contributed by atoms with van der Waals surface area (Å²) in [7, 11) is 1.94. The molecule has 5 rings (SSSR count). The molecule has 3 aromatic rings. The summed E-state index contributed by atoms with van der Waals surface area (Å²) in [6.07, 6.45) is 5.51. The molecular weight excluding hydrogens is 320 g/mol. The first-order chi connectivity index (χ1) is 12.2. The molecule has 1 saturated carbocycles. The molecule has 1 aliphatic heterocycles. The lowest BCUT2D eigenvalue weighted by Crippen LogP contribution is -2.43. The Morgan fingerprint density at radius 3 is 3.00 bits per heavy atom. The van der Waals surface area contributed by atoms with Crippen LogP contribution in [0, 0.1) is 0 Å². The molecule has 1 atom stereocenters. The molecule has 1 amide bonds. The average molecular weight is 338 g/mol. The number of amides is 1. The predicted octanol–water partition coefficient (Wildman–Crippen LogP) is 0.240. The highest BCUT2D eigenvalue weighted by Crippen LogP contribution is 2.31. The summed E-state index contributed by atoms with van der Waals surface area (Å²) >= 11 is 0. The van der Waals surface area contributed by atoms with Gasteiger partial charge in [-0.3, -0.25) is 4.79 Å². The van der Waals surface area contributed by atoms with Crippen LogP contribution in [0.5, 0.6) is 0 Å². The van der Waals surface area contributed by atoms with E-state index in [1.807, 2.05) is 23.7 Å². The van der Waals surface area contributed by atoms with Crippen LogP contribution in [0.15, 0.2) is 24.8 Å². The minimum absolute atomic E-state index is 0.0717. The van der Waals surface area contributed by atoms with Crippen LogP contribution in [0.25, 0.3) is 5.65 Å². The Morgan fingerprint density at radius 2 is 2.16 bits per heavy atom. The number of fused-ring (bicyclic) bond motifs is 2. The van der Waals surface area contributed by atoms with Crippen molar-refractivity contribution in [2.24, 2.45) is 7.05 Å². The van der Waals surface area contributed by atoms with Crippen LogP contribution >= 0.6 is 0 Å². The van der Waals surface area contributed by atoms with Crippen LogP contribution in [0.3, 0.4) is 0 Å². The Labute approximate surface area is 143 Å². The van der Waals surface area contributed by atoms with E-state index < -0.39 is 0 Å². The maximum absolute atomic E-state index is 12.8. The summed E-state index contributed by atoms with van der Waals surface area (Å²) in [6.45, 7) is 1.20. The molecule has 1 unspecified atom stereocenters. The third kappa shape index (κ3) is 2.43. The molecule has 9 nitrogen and oxygen atoms in total. The van der Waals surface area contributed by atoms with Gasteiger partial charge >= 0.3 is 0 Å². The van der Waals surface area contributed by atoms with Gasteiger partial charge in [0.2, 0.25) is 5.91 Å². The number of anilines is 1. The molecule has 0 bridgehead atoms. The molecule has 9 heteroatoms. The van der Waals surface area contributed by atoms with E-state index in [0.717, 1.165) is 30.0 Å². The lowest BCUT2D eigenvalue weighted by atomic mass is 9.97. The minimum atomic E-state index is -0.254. The number of rotatable bonds is 3. The molecular formula is C16H18N8O. The van der Waals surface area contributed by atoms with Gasteiger partial charge in [0.15, 0.2) is 5.65 Å². The summed E-state index contributed by atoms with van der Waals surface area (Å²) in [5, 5.41) is 15.5. The highest BCUT2D eigenvalue weighted by molar-refractivity contribution is 5.85. The molecule has 128 valence electrons. The van der Waals surface area contributed by atoms with E-state index in [-0.39, 0.29) is 11.8 Å². The minimum Gasteiger partial charge on any atom is -0.353 e. The summed E-state index contributed by atoms with van der Waals surface area (Å²) in [4.78, 5) is 19.4. The standard InChI is InChI=1S/C16H18N8O/c1-22-8-17-12-7-23(14-5-4-13-20-18-9-24(13)21-14)6-11(15(12)22)16(25)19-10-2-3-10/h4-5,8-11H,2-3,6-7H2,1H3,(H,19,25). The maximum atomic E-state index is 12.8. The maximum Gasteiger partial charge on any atom is 0.231 e. The Morgan fingerprint density at radius 1 is 1.28 bits per heavy atom. The first kappa shape index (κ1) is 14.4. The Balaban J connectivity index is 1.50. The van der Waals surface area contributed by atoms with Gasteiger partial charge < -0.3 is 14.8 Å². The van der Waals surface area contributed by atoms with Gasteiger partial charge in [-0.05, 0) is 25.0 Å². The quantitative estimate of drug-likeness (QED) is 0.735. The SMILES string of the molecule is Cn1cnc2c1C(C(=O)NC1CC1)CN(c1ccc3nncn3n1)C2. The average Bonchev–Trinajstić information content (AvgIpc) is 3.17. The van der Waals surface area contributed by atoms with Gasteiger partial charge in [0.05, 0.1) is 30.2 Å².